The molecule has 2 aliphatic rings. The Hall–Kier alpha value is -1.12. The van der Waals surface area contributed by atoms with Crippen molar-refractivity contribution in [1.82, 2.24) is 0 Å². The third-order valence-electron chi connectivity index (χ3n) is 4.11. The first-order valence-electron chi connectivity index (χ1n) is 6.71. The van der Waals surface area contributed by atoms with Gasteiger partial charge in [0.15, 0.2) is 5.78 Å². The van der Waals surface area contributed by atoms with Crippen molar-refractivity contribution >= 4 is 11.8 Å². The van der Waals surface area contributed by atoms with Gasteiger partial charge in [0.05, 0.1) is 5.41 Å². The minimum atomic E-state index is -0.527. The first-order valence-corrected chi connectivity index (χ1v) is 6.71. The van der Waals surface area contributed by atoms with E-state index >= 15 is 0 Å². The molecule has 0 heterocycles. The van der Waals surface area contributed by atoms with Crippen LogP contribution in [-0.2, 0) is 14.3 Å². The topological polar surface area (TPSA) is 43.4 Å². The van der Waals surface area contributed by atoms with E-state index in [2.05, 4.69) is 0 Å². The molecule has 2 rings (SSSR count). The minimum absolute atomic E-state index is 0.140. The summed E-state index contributed by atoms with van der Waals surface area (Å²) in [5.41, 5.74) is -0.0995. The Labute approximate surface area is 109 Å². The van der Waals surface area contributed by atoms with Crippen LogP contribution in [0.25, 0.3) is 0 Å². The number of allylic oxidation sites excluding steroid dienone is 1. The Kier molecular flexibility index (Phi) is 3.12. The van der Waals surface area contributed by atoms with Gasteiger partial charge in [0.2, 0.25) is 0 Å². The average molecular weight is 250 g/mol. The van der Waals surface area contributed by atoms with Gasteiger partial charge in [-0.05, 0) is 52.5 Å². The molecule has 3 nitrogen and oxygen atoms in total. The number of hydrogen-bond donors (Lipinski definition) is 0. The fraction of sp³-hybridized carbons (Fsp3) is 0.733. The second kappa shape index (κ2) is 4.22. The fourth-order valence-electron chi connectivity index (χ4n) is 3.34. The fourth-order valence-corrected chi connectivity index (χ4v) is 3.34. The maximum absolute atomic E-state index is 12.6. The van der Waals surface area contributed by atoms with Gasteiger partial charge in [-0.2, -0.15) is 0 Å². The highest BCUT2D eigenvalue weighted by Crippen LogP contribution is 2.53. The second-order valence-corrected chi connectivity index (χ2v) is 6.56. The molecule has 0 saturated heterocycles. The van der Waals surface area contributed by atoms with Gasteiger partial charge in [0.25, 0.3) is 0 Å². The summed E-state index contributed by atoms with van der Waals surface area (Å²) in [4.78, 5) is 24.2. The van der Waals surface area contributed by atoms with Crippen LogP contribution in [-0.4, -0.2) is 17.4 Å². The monoisotopic (exact) mass is 250 g/mol. The third kappa shape index (κ3) is 2.11. The zero-order valence-corrected chi connectivity index (χ0v) is 11.7. The van der Waals surface area contributed by atoms with Gasteiger partial charge in [0.1, 0.15) is 5.60 Å². The summed E-state index contributed by atoms with van der Waals surface area (Å²) in [7, 11) is 0. The highest BCUT2D eigenvalue weighted by Gasteiger charge is 2.54. The number of hydrogen-bond acceptors (Lipinski definition) is 3. The standard InChI is InChI=1S/C15H22O3/c1-10-8-12(16)9-11-6-5-7-15(10,11)13(17)18-14(2,3)4/h8,11H,5-7,9H2,1-4H3. The second-order valence-electron chi connectivity index (χ2n) is 6.56. The molecule has 0 spiro atoms. The van der Waals surface area contributed by atoms with Gasteiger partial charge in [-0.3, -0.25) is 9.59 Å². The van der Waals surface area contributed by atoms with E-state index in [1.54, 1.807) is 6.08 Å². The number of rotatable bonds is 1. The van der Waals surface area contributed by atoms with Gasteiger partial charge in [-0.25, -0.2) is 0 Å². The molecular weight excluding hydrogens is 228 g/mol. The molecule has 18 heavy (non-hydrogen) atoms. The van der Waals surface area contributed by atoms with Gasteiger partial charge >= 0.3 is 5.97 Å². The number of fused-ring (bicyclic) bond motifs is 1. The molecule has 0 radical (unpaired) electrons. The van der Waals surface area contributed by atoms with Crippen LogP contribution in [0.3, 0.4) is 0 Å². The summed E-state index contributed by atoms with van der Waals surface area (Å²) < 4.78 is 5.60. The third-order valence-corrected chi connectivity index (χ3v) is 4.11. The van der Waals surface area contributed by atoms with E-state index in [4.69, 9.17) is 4.74 Å². The number of ketones is 1. The largest absolute Gasteiger partial charge is 0.459 e. The molecule has 0 N–H and O–H groups in total. The van der Waals surface area contributed by atoms with Crippen molar-refractivity contribution in [2.24, 2.45) is 11.3 Å². The molecule has 2 atom stereocenters. The van der Waals surface area contributed by atoms with Crippen molar-refractivity contribution in [3.63, 3.8) is 0 Å². The SMILES string of the molecule is CC1=CC(=O)CC2CCCC12C(=O)OC(C)(C)C. The first kappa shape index (κ1) is 13.3. The van der Waals surface area contributed by atoms with Gasteiger partial charge in [0, 0.05) is 6.42 Å². The molecule has 0 amide bonds. The van der Waals surface area contributed by atoms with Crippen LogP contribution in [0.15, 0.2) is 11.6 Å². The van der Waals surface area contributed by atoms with Crippen molar-refractivity contribution in [2.75, 3.05) is 0 Å². The van der Waals surface area contributed by atoms with E-state index in [1.165, 1.54) is 0 Å². The molecule has 0 aromatic carbocycles. The summed E-state index contributed by atoms with van der Waals surface area (Å²) in [5.74, 6) is 0.155. The van der Waals surface area contributed by atoms with Gasteiger partial charge in [-0.15, -0.1) is 0 Å². The van der Waals surface area contributed by atoms with Crippen LogP contribution in [0.2, 0.25) is 0 Å². The Morgan fingerprint density at radius 1 is 1.44 bits per heavy atom. The molecule has 0 aromatic rings. The van der Waals surface area contributed by atoms with E-state index in [0.717, 1.165) is 24.8 Å². The Morgan fingerprint density at radius 2 is 2.11 bits per heavy atom. The Balaban J connectivity index is 2.35. The van der Waals surface area contributed by atoms with Gasteiger partial charge < -0.3 is 4.74 Å². The lowest BCUT2D eigenvalue weighted by Gasteiger charge is -2.38. The predicted molar refractivity (Wildman–Crippen MR) is 69.0 cm³/mol. The Bertz CT molecular complexity index is 414. The van der Waals surface area contributed by atoms with Crippen molar-refractivity contribution in [1.29, 1.82) is 0 Å². The van der Waals surface area contributed by atoms with E-state index < -0.39 is 11.0 Å². The van der Waals surface area contributed by atoms with Crippen LogP contribution < -0.4 is 0 Å². The normalized spacial score (nSPS) is 31.9. The van der Waals surface area contributed by atoms with Crippen molar-refractivity contribution in [3.05, 3.63) is 11.6 Å². The molecule has 1 fully saturated rings. The number of carbonyl (C=O) groups is 2. The summed E-state index contributed by atoms with van der Waals surface area (Å²) in [5, 5.41) is 0. The van der Waals surface area contributed by atoms with Crippen LogP contribution >= 0.6 is 0 Å². The average Bonchev–Trinajstić information content (AvgIpc) is 2.59. The zero-order valence-electron chi connectivity index (χ0n) is 11.7. The lowest BCUT2D eigenvalue weighted by atomic mass is 9.67. The molecule has 2 unspecified atom stereocenters. The summed E-state index contributed by atoms with van der Waals surface area (Å²) in [6, 6.07) is 0. The molecule has 0 aliphatic heterocycles. The van der Waals surface area contributed by atoms with Crippen LogP contribution in [0, 0.1) is 11.3 Å². The Morgan fingerprint density at radius 3 is 2.72 bits per heavy atom. The number of ether oxygens (including phenoxy) is 1. The summed E-state index contributed by atoms with van der Waals surface area (Å²) in [6.07, 6.45) is 4.92. The summed E-state index contributed by atoms with van der Waals surface area (Å²) in [6.45, 7) is 7.56. The van der Waals surface area contributed by atoms with Crippen molar-refractivity contribution < 1.29 is 14.3 Å². The van der Waals surface area contributed by atoms with Crippen LogP contribution in [0.5, 0.6) is 0 Å². The first-order chi connectivity index (χ1) is 8.25. The highest BCUT2D eigenvalue weighted by molar-refractivity contribution is 5.96. The predicted octanol–water partition coefficient (Wildman–Crippen LogP) is 3.03. The maximum Gasteiger partial charge on any atom is 0.317 e. The van der Waals surface area contributed by atoms with Crippen molar-refractivity contribution in [3.8, 4) is 0 Å². The minimum Gasteiger partial charge on any atom is -0.459 e. The zero-order chi connectivity index (χ0) is 13.6. The molecule has 2 aliphatic carbocycles. The molecule has 0 bridgehead atoms. The van der Waals surface area contributed by atoms with E-state index in [1.807, 2.05) is 27.7 Å². The van der Waals surface area contributed by atoms with Crippen LogP contribution in [0.1, 0.15) is 53.4 Å². The quantitative estimate of drug-likeness (QED) is 0.672. The number of esters is 1. The van der Waals surface area contributed by atoms with Crippen LogP contribution in [0.4, 0.5) is 0 Å². The van der Waals surface area contributed by atoms with Crippen molar-refractivity contribution in [2.45, 2.75) is 59.0 Å². The lowest BCUT2D eigenvalue weighted by molar-refractivity contribution is -0.167. The maximum atomic E-state index is 12.6. The summed E-state index contributed by atoms with van der Waals surface area (Å²) >= 11 is 0. The molecule has 3 heteroatoms. The van der Waals surface area contributed by atoms with E-state index in [9.17, 15) is 9.59 Å². The van der Waals surface area contributed by atoms with E-state index in [-0.39, 0.29) is 17.7 Å². The molecular formula is C15H22O3. The molecule has 1 saturated carbocycles. The molecule has 100 valence electrons. The molecule has 0 aromatic heterocycles. The highest BCUT2D eigenvalue weighted by atomic mass is 16.6. The smallest absolute Gasteiger partial charge is 0.317 e. The van der Waals surface area contributed by atoms with E-state index in [0.29, 0.717) is 6.42 Å². The van der Waals surface area contributed by atoms with Gasteiger partial charge in [-0.1, -0.05) is 12.0 Å². The lowest BCUT2D eigenvalue weighted by Crippen LogP contribution is -2.43. The number of carbonyl (C=O) groups excluding carboxylic acids is 2.